The molecule has 3 rings (SSSR count). The lowest BCUT2D eigenvalue weighted by Gasteiger charge is -2.37. The van der Waals surface area contributed by atoms with Crippen LogP contribution >= 0.6 is 11.8 Å². The number of hydrogen-bond acceptors (Lipinski definition) is 4. The summed E-state index contributed by atoms with van der Waals surface area (Å²) in [6.07, 6.45) is 18.0. The summed E-state index contributed by atoms with van der Waals surface area (Å²) in [5.74, 6) is 0.389. The van der Waals surface area contributed by atoms with Gasteiger partial charge in [0.15, 0.2) is 0 Å². The first-order chi connectivity index (χ1) is 16.7. The first-order valence-electron chi connectivity index (χ1n) is 11.8. The molecule has 2 aromatic rings. The summed E-state index contributed by atoms with van der Waals surface area (Å²) in [7, 11) is 0. The van der Waals surface area contributed by atoms with Crippen LogP contribution in [0.2, 0.25) is 0 Å². The highest BCUT2D eigenvalue weighted by molar-refractivity contribution is 8.14. The fraction of sp³-hybridized carbons (Fsp3) is 0.300. The second kappa shape index (κ2) is 11.9. The van der Waals surface area contributed by atoms with Gasteiger partial charge in [-0.05, 0) is 86.2 Å². The standard InChI is InChI=1S/C30H33N3OS/c1-21(8-6-9-22(2)16-29(34)35-25-11-7-10-24(17-25)18-31)12-13-27-23(3)26(14-15-30(27,4)5)28-19-32-20-33-28/h6-13,16-17,19-20,26H,14-15H2,1-5H3,(H,32,33)/b9-6+,13-12+,21-8+,22-16-. The van der Waals surface area contributed by atoms with Gasteiger partial charge in [-0.2, -0.15) is 5.26 Å². The van der Waals surface area contributed by atoms with Crippen molar-refractivity contribution in [3.8, 4) is 6.07 Å². The van der Waals surface area contributed by atoms with Crippen molar-refractivity contribution in [1.82, 2.24) is 9.97 Å². The van der Waals surface area contributed by atoms with E-state index in [1.165, 1.54) is 16.8 Å². The minimum Gasteiger partial charge on any atom is -0.348 e. The first kappa shape index (κ1) is 26.2. The number of nitriles is 1. The van der Waals surface area contributed by atoms with Crippen molar-refractivity contribution in [2.45, 2.75) is 58.3 Å². The van der Waals surface area contributed by atoms with Gasteiger partial charge in [-0.1, -0.05) is 61.4 Å². The summed E-state index contributed by atoms with van der Waals surface area (Å²) < 4.78 is 0. The molecule has 0 spiro atoms. The molecular formula is C30H33N3OS. The molecule has 0 saturated carbocycles. The predicted octanol–water partition coefficient (Wildman–Crippen LogP) is 7.83. The van der Waals surface area contributed by atoms with Gasteiger partial charge in [0.05, 0.1) is 18.0 Å². The summed E-state index contributed by atoms with van der Waals surface area (Å²) in [6.45, 7) is 10.9. The van der Waals surface area contributed by atoms with E-state index in [1.807, 2.05) is 31.3 Å². The molecule has 4 nitrogen and oxygen atoms in total. The smallest absolute Gasteiger partial charge is 0.217 e. The van der Waals surface area contributed by atoms with E-state index in [0.29, 0.717) is 11.5 Å². The average Bonchev–Trinajstić information content (AvgIpc) is 3.33. The van der Waals surface area contributed by atoms with E-state index in [0.717, 1.165) is 40.6 Å². The van der Waals surface area contributed by atoms with Gasteiger partial charge in [0.2, 0.25) is 5.12 Å². The molecule has 0 saturated heterocycles. The van der Waals surface area contributed by atoms with Crippen molar-refractivity contribution in [2.24, 2.45) is 5.41 Å². The number of aromatic amines is 1. The summed E-state index contributed by atoms with van der Waals surface area (Å²) in [5.41, 5.74) is 6.68. The highest BCUT2D eigenvalue weighted by atomic mass is 32.2. The number of rotatable bonds is 7. The highest BCUT2D eigenvalue weighted by Crippen LogP contribution is 2.46. The van der Waals surface area contributed by atoms with Gasteiger partial charge in [-0.15, -0.1) is 0 Å². The van der Waals surface area contributed by atoms with E-state index in [2.05, 4.69) is 62.0 Å². The molecular weight excluding hydrogens is 450 g/mol. The van der Waals surface area contributed by atoms with Gasteiger partial charge >= 0.3 is 0 Å². The van der Waals surface area contributed by atoms with E-state index in [9.17, 15) is 4.79 Å². The summed E-state index contributed by atoms with van der Waals surface area (Å²) in [6, 6.07) is 9.17. The maximum atomic E-state index is 12.3. The predicted molar refractivity (Wildman–Crippen MR) is 145 cm³/mol. The van der Waals surface area contributed by atoms with E-state index >= 15 is 0 Å². The molecule has 1 unspecified atom stereocenters. The topological polar surface area (TPSA) is 69.5 Å². The van der Waals surface area contributed by atoms with Gasteiger partial charge in [0.1, 0.15) is 0 Å². The van der Waals surface area contributed by atoms with E-state index < -0.39 is 0 Å². The molecule has 1 aliphatic carbocycles. The Labute approximate surface area is 213 Å². The Hall–Kier alpha value is -3.36. The molecule has 0 fully saturated rings. The molecule has 1 aromatic heterocycles. The Kier molecular flexibility index (Phi) is 8.89. The van der Waals surface area contributed by atoms with Crippen molar-refractivity contribution >= 4 is 16.9 Å². The zero-order valence-corrected chi connectivity index (χ0v) is 21.9. The second-order valence-electron chi connectivity index (χ2n) is 9.63. The number of aromatic nitrogens is 2. The lowest BCUT2D eigenvalue weighted by Crippen LogP contribution is -2.23. The second-order valence-corrected chi connectivity index (χ2v) is 10.7. The Balaban J connectivity index is 1.66. The number of carbonyl (C=O) groups is 1. The maximum Gasteiger partial charge on any atom is 0.217 e. The average molecular weight is 484 g/mol. The maximum absolute atomic E-state index is 12.3. The largest absolute Gasteiger partial charge is 0.348 e. The zero-order chi connectivity index (χ0) is 25.4. The van der Waals surface area contributed by atoms with Gasteiger partial charge in [-0.25, -0.2) is 4.98 Å². The van der Waals surface area contributed by atoms with Crippen LogP contribution < -0.4 is 0 Å². The Morgan fingerprint density at radius 1 is 1.26 bits per heavy atom. The van der Waals surface area contributed by atoms with Gasteiger partial charge in [0, 0.05) is 22.7 Å². The molecule has 1 atom stereocenters. The number of hydrogen-bond donors (Lipinski definition) is 1. The molecule has 1 aliphatic rings. The van der Waals surface area contributed by atoms with E-state index in [-0.39, 0.29) is 10.5 Å². The lowest BCUT2D eigenvalue weighted by molar-refractivity contribution is -0.107. The van der Waals surface area contributed by atoms with Crippen LogP contribution in [0, 0.1) is 16.7 Å². The summed E-state index contributed by atoms with van der Waals surface area (Å²) >= 11 is 1.13. The molecule has 0 amide bonds. The zero-order valence-electron chi connectivity index (χ0n) is 21.1. The molecule has 1 heterocycles. The van der Waals surface area contributed by atoms with Crippen molar-refractivity contribution in [3.05, 3.63) is 107 Å². The van der Waals surface area contributed by atoms with Crippen LogP contribution in [0.4, 0.5) is 0 Å². The minimum absolute atomic E-state index is 0.0587. The van der Waals surface area contributed by atoms with E-state index in [4.69, 9.17) is 5.26 Å². The van der Waals surface area contributed by atoms with Crippen LogP contribution in [0.5, 0.6) is 0 Å². The van der Waals surface area contributed by atoms with Crippen molar-refractivity contribution in [3.63, 3.8) is 0 Å². The SMILES string of the molecule is CC1=C(/C=C/C(C)=C/C=C/C(C)=C\C(=O)Sc2cccc(C#N)c2)C(C)(C)CCC1c1cnc[nH]1. The van der Waals surface area contributed by atoms with Crippen molar-refractivity contribution in [1.29, 1.82) is 5.26 Å². The number of imidazole rings is 1. The summed E-state index contributed by atoms with van der Waals surface area (Å²) in [4.78, 5) is 20.6. The number of nitrogens with one attached hydrogen (secondary N) is 1. The molecule has 1 N–H and O–H groups in total. The number of H-pyrrole nitrogens is 1. The molecule has 0 aliphatic heterocycles. The minimum atomic E-state index is -0.0587. The van der Waals surface area contributed by atoms with Gasteiger partial charge in [-0.3, -0.25) is 4.79 Å². The molecule has 5 heteroatoms. The highest BCUT2D eigenvalue weighted by Gasteiger charge is 2.32. The Morgan fingerprint density at radius 3 is 2.77 bits per heavy atom. The van der Waals surface area contributed by atoms with Crippen molar-refractivity contribution in [2.75, 3.05) is 0 Å². The van der Waals surface area contributed by atoms with Crippen LogP contribution in [0.15, 0.2) is 100 Å². The first-order valence-corrected chi connectivity index (χ1v) is 12.6. The van der Waals surface area contributed by atoms with Crippen LogP contribution in [0.3, 0.4) is 0 Å². The molecule has 0 bridgehead atoms. The Bertz CT molecular complexity index is 1250. The van der Waals surface area contributed by atoms with E-state index in [1.54, 1.807) is 30.6 Å². The monoisotopic (exact) mass is 483 g/mol. The molecule has 1 aromatic carbocycles. The molecule has 35 heavy (non-hydrogen) atoms. The third kappa shape index (κ3) is 7.31. The summed E-state index contributed by atoms with van der Waals surface area (Å²) in [5, 5.41) is 8.94. The number of nitrogens with zero attached hydrogens (tertiary/aromatic N) is 2. The third-order valence-corrected chi connectivity index (χ3v) is 7.20. The fourth-order valence-electron chi connectivity index (χ4n) is 4.41. The number of thioether (sulfide) groups is 1. The Morgan fingerprint density at radius 2 is 2.06 bits per heavy atom. The van der Waals surface area contributed by atoms with Crippen LogP contribution in [0.25, 0.3) is 0 Å². The molecule has 180 valence electrons. The third-order valence-electron chi connectivity index (χ3n) is 6.39. The van der Waals surface area contributed by atoms with Gasteiger partial charge in [0.25, 0.3) is 0 Å². The van der Waals surface area contributed by atoms with Crippen LogP contribution in [-0.4, -0.2) is 15.1 Å². The number of allylic oxidation sites excluding steroid dienone is 9. The van der Waals surface area contributed by atoms with Crippen LogP contribution in [-0.2, 0) is 4.79 Å². The van der Waals surface area contributed by atoms with Crippen LogP contribution in [0.1, 0.15) is 64.6 Å². The fourth-order valence-corrected chi connectivity index (χ4v) is 5.22. The number of benzene rings is 1. The van der Waals surface area contributed by atoms with Gasteiger partial charge < -0.3 is 4.98 Å². The molecule has 0 radical (unpaired) electrons. The normalized spacial score (nSPS) is 18.9. The number of carbonyl (C=O) groups excluding carboxylic acids is 1. The lowest BCUT2D eigenvalue weighted by atomic mass is 9.68. The van der Waals surface area contributed by atoms with Crippen molar-refractivity contribution < 1.29 is 4.79 Å². The quantitative estimate of drug-likeness (QED) is 0.247.